The highest BCUT2D eigenvalue weighted by molar-refractivity contribution is 6.31. The van der Waals surface area contributed by atoms with Crippen molar-refractivity contribution in [1.82, 2.24) is 14.8 Å². The van der Waals surface area contributed by atoms with Gasteiger partial charge in [-0.05, 0) is 56.0 Å². The van der Waals surface area contributed by atoms with Crippen LogP contribution in [0.4, 0.5) is 10.1 Å². The zero-order valence-electron chi connectivity index (χ0n) is 19.5. The number of anilines is 1. The van der Waals surface area contributed by atoms with Crippen LogP contribution in [0.3, 0.4) is 0 Å². The van der Waals surface area contributed by atoms with Gasteiger partial charge in [0.1, 0.15) is 5.82 Å². The first-order valence-corrected chi connectivity index (χ1v) is 12.0. The van der Waals surface area contributed by atoms with Gasteiger partial charge in [0.2, 0.25) is 5.91 Å². The minimum Gasteiger partial charge on any atom is -0.381 e. The van der Waals surface area contributed by atoms with Gasteiger partial charge in [-0.25, -0.2) is 4.39 Å². The van der Waals surface area contributed by atoms with Crippen molar-refractivity contribution in [3.8, 4) is 0 Å². The van der Waals surface area contributed by atoms with Crippen LogP contribution in [0.2, 0.25) is 5.02 Å². The lowest BCUT2D eigenvalue weighted by atomic mass is 9.99. The summed E-state index contributed by atoms with van der Waals surface area (Å²) in [5.74, 6) is -0.852. The summed E-state index contributed by atoms with van der Waals surface area (Å²) in [6.45, 7) is 8.10. The number of halogens is 2. The number of rotatable bonds is 5. The van der Waals surface area contributed by atoms with Gasteiger partial charge in [-0.3, -0.25) is 19.5 Å². The molecule has 182 valence electrons. The Kier molecular flexibility index (Phi) is 7.80. The van der Waals surface area contributed by atoms with Crippen molar-refractivity contribution in [3.05, 3.63) is 58.1 Å². The fourth-order valence-corrected chi connectivity index (χ4v) is 4.92. The third-order valence-corrected chi connectivity index (χ3v) is 6.81. The first kappa shape index (κ1) is 24.6. The van der Waals surface area contributed by atoms with Crippen LogP contribution >= 0.6 is 11.6 Å². The van der Waals surface area contributed by atoms with E-state index in [1.807, 2.05) is 17.9 Å². The van der Waals surface area contributed by atoms with Crippen molar-refractivity contribution in [2.75, 3.05) is 38.2 Å². The van der Waals surface area contributed by atoms with Crippen molar-refractivity contribution in [2.24, 2.45) is 5.92 Å². The Hall–Kier alpha value is -2.55. The number of nitrogens with one attached hydrogen (secondary N) is 1. The second-order valence-corrected chi connectivity index (χ2v) is 9.55. The number of benzene rings is 1. The van der Waals surface area contributed by atoms with Crippen molar-refractivity contribution in [3.63, 3.8) is 0 Å². The van der Waals surface area contributed by atoms with Crippen molar-refractivity contribution >= 4 is 29.1 Å². The molecule has 0 saturated carbocycles. The predicted octanol–water partition coefficient (Wildman–Crippen LogP) is 3.89. The number of ether oxygens (including phenoxy) is 1. The lowest BCUT2D eigenvalue weighted by Gasteiger charge is -2.42. The third-order valence-electron chi connectivity index (χ3n) is 6.59. The van der Waals surface area contributed by atoms with Crippen LogP contribution in [-0.4, -0.2) is 65.5 Å². The van der Waals surface area contributed by atoms with Crippen LogP contribution in [0.5, 0.6) is 0 Å². The summed E-state index contributed by atoms with van der Waals surface area (Å²) in [6, 6.07) is 4.83. The number of hydrogen-bond donors (Lipinski definition) is 1. The Labute approximate surface area is 204 Å². The molecule has 2 fully saturated rings. The predicted molar refractivity (Wildman–Crippen MR) is 128 cm³/mol. The largest absolute Gasteiger partial charge is 0.381 e. The Morgan fingerprint density at radius 3 is 2.79 bits per heavy atom. The van der Waals surface area contributed by atoms with Gasteiger partial charge in [0, 0.05) is 55.7 Å². The Balaban J connectivity index is 1.41. The van der Waals surface area contributed by atoms with Crippen molar-refractivity contribution < 1.29 is 18.7 Å². The maximum absolute atomic E-state index is 13.4. The minimum atomic E-state index is -0.570. The summed E-state index contributed by atoms with van der Waals surface area (Å²) in [5, 5.41) is 3.33. The summed E-state index contributed by atoms with van der Waals surface area (Å²) < 4.78 is 19.0. The zero-order chi connectivity index (χ0) is 24.2. The van der Waals surface area contributed by atoms with Gasteiger partial charge in [0.25, 0.3) is 5.91 Å². The van der Waals surface area contributed by atoms with Gasteiger partial charge in [-0.2, -0.15) is 0 Å². The lowest BCUT2D eigenvalue weighted by Crippen LogP contribution is -2.55. The van der Waals surface area contributed by atoms with E-state index >= 15 is 0 Å². The maximum atomic E-state index is 13.4. The van der Waals surface area contributed by atoms with Crippen LogP contribution in [0.25, 0.3) is 0 Å². The molecule has 1 N–H and O–H groups in total. The zero-order valence-corrected chi connectivity index (χ0v) is 20.3. The smallest absolute Gasteiger partial charge is 0.257 e. The molecule has 2 amide bonds. The fraction of sp³-hybridized carbons (Fsp3) is 0.480. The highest BCUT2D eigenvalue weighted by Gasteiger charge is 2.33. The molecule has 0 unspecified atom stereocenters. The van der Waals surface area contributed by atoms with Gasteiger partial charge in [0.05, 0.1) is 24.3 Å². The highest BCUT2D eigenvalue weighted by atomic mass is 35.5. The highest BCUT2D eigenvalue weighted by Crippen LogP contribution is 2.28. The van der Waals surface area contributed by atoms with E-state index in [-0.39, 0.29) is 23.4 Å². The minimum absolute atomic E-state index is 0.0302. The summed E-state index contributed by atoms with van der Waals surface area (Å²) in [4.78, 5) is 33.6. The first-order valence-electron chi connectivity index (χ1n) is 11.6. The molecule has 2 aliphatic rings. The van der Waals surface area contributed by atoms with E-state index in [0.717, 1.165) is 55.9 Å². The lowest BCUT2D eigenvalue weighted by molar-refractivity contribution is -0.144. The topological polar surface area (TPSA) is 74.8 Å². The second-order valence-electron chi connectivity index (χ2n) is 9.11. The number of pyridine rings is 1. The normalized spacial score (nSPS) is 21.4. The molecule has 9 heteroatoms. The van der Waals surface area contributed by atoms with E-state index in [1.165, 1.54) is 6.20 Å². The van der Waals surface area contributed by atoms with E-state index in [0.29, 0.717) is 30.4 Å². The van der Waals surface area contributed by atoms with Gasteiger partial charge in [-0.1, -0.05) is 11.6 Å². The van der Waals surface area contributed by atoms with E-state index in [9.17, 15) is 14.0 Å². The molecule has 2 saturated heterocycles. The Morgan fingerprint density at radius 2 is 2.09 bits per heavy atom. The number of piperazine rings is 1. The van der Waals surface area contributed by atoms with E-state index in [2.05, 4.69) is 22.1 Å². The molecule has 2 aromatic rings. The molecule has 3 heterocycles. The van der Waals surface area contributed by atoms with Gasteiger partial charge < -0.3 is 15.0 Å². The molecule has 1 aromatic carbocycles. The van der Waals surface area contributed by atoms with E-state index < -0.39 is 11.7 Å². The average Bonchev–Trinajstić information content (AvgIpc) is 2.82. The first-order chi connectivity index (χ1) is 16.3. The summed E-state index contributed by atoms with van der Waals surface area (Å²) in [6.07, 6.45) is 4.21. The monoisotopic (exact) mass is 488 g/mol. The summed E-state index contributed by atoms with van der Waals surface area (Å²) >= 11 is 6.37. The second kappa shape index (κ2) is 10.8. The molecule has 2 atom stereocenters. The van der Waals surface area contributed by atoms with E-state index in [1.54, 1.807) is 6.07 Å². The van der Waals surface area contributed by atoms with Crippen molar-refractivity contribution in [1.29, 1.82) is 0 Å². The summed E-state index contributed by atoms with van der Waals surface area (Å²) in [5.41, 5.74) is 2.61. The SMILES string of the molecule is Cc1c(CN2CCN(C(=O)[C@@H]3CCCOC3)[C@@H](C)C2)cc(Cl)cc1NC(=O)c1cncc(F)c1. The Bertz CT molecular complexity index is 1060. The van der Waals surface area contributed by atoms with E-state index in [4.69, 9.17) is 16.3 Å². The molecule has 0 aliphatic carbocycles. The van der Waals surface area contributed by atoms with Crippen LogP contribution < -0.4 is 5.32 Å². The number of nitrogens with zero attached hydrogens (tertiary/aromatic N) is 3. The standard InChI is InChI=1S/C25H30ClFN4O3/c1-16-13-30(5-6-31(16)25(33)18-4-3-7-34-15-18)14-20-8-21(26)10-23(17(20)2)29-24(32)19-9-22(27)12-28-11-19/h8-12,16,18H,3-7,13-15H2,1-2H3,(H,29,32)/t16-,18+/m0/s1. The van der Waals surface area contributed by atoms with Gasteiger partial charge in [-0.15, -0.1) is 0 Å². The molecule has 0 spiro atoms. The van der Waals surface area contributed by atoms with Crippen LogP contribution in [0.1, 0.15) is 41.3 Å². The molecule has 7 nitrogen and oxygen atoms in total. The van der Waals surface area contributed by atoms with Crippen LogP contribution in [-0.2, 0) is 16.1 Å². The van der Waals surface area contributed by atoms with Crippen molar-refractivity contribution in [2.45, 2.75) is 39.3 Å². The third kappa shape index (κ3) is 5.74. The van der Waals surface area contributed by atoms with Gasteiger partial charge >= 0.3 is 0 Å². The number of aromatic nitrogens is 1. The fourth-order valence-electron chi connectivity index (χ4n) is 4.68. The van der Waals surface area contributed by atoms with Crippen LogP contribution in [0, 0.1) is 18.7 Å². The maximum Gasteiger partial charge on any atom is 0.257 e. The molecular weight excluding hydrogens is 459 g/mol. The summed E-state index contributed by atoms with van der Waals surface area (Å²) in [7, 11) is 0. The molecular formula is C25H30ClFN4O3. The quantitative estimate of drug-likeness (QED) is 0.691. The molecule has 1 aromatic heterocycles. The number of carbonyl (C=O) groups is 2. The average molecular weight is 489 g/mol. The Morgan fingerprint density at radius 1 is 1.26 bits per heavy atom. The molecule has 2 aliphatic heterocycles. The molecule has 0 bridgehead atoms. The molecule has 0 radical (unpaired) electrons. The number of amides is 2. The molecule has 4 rings (SSSR count). The van der Waals surface area contributed by atoms with Gasteiger partial charge in [0.15, 0.2) is 0 Å². The van der Waals surface area contributed by atoms with Crippen LogP contribution in [0.15, 0.2) is 30.6 Å². The molecule has 34 heavy (non-hydrogen) atoms. The number of carbonyl (C=O) groups excluding carboxylic acids is 2. The number of hydrogen-bond acceptors (Lipinski definition) is 5.